The third-order valence-electron chi connectivity index (χ3n) is 3.24. The van der Waals surface area contributed by atoms with Gasteiger partial charge < -0.3 is 9.84 Å². The molecule has 0 saturated carbocycles. The van der Waals surface area contributed by atoms with Crippen molar-refractivity contribution in [3.8, 4) is 16.3 Å². The summed E-state index contributed by atoms with van der Waals surface area (Å²) in [7, 11) is 0. The van der Waals surface area contributed by atoms with Crippen LogP contribution in [0, 0.1) is 0 Å². The van der Waals surface area contributed by atoms with Crippen LogP contribution in [0.4, 0.5) is 0 Å². The summed E-state index contributed by atoms with van der Waals surface area (Å²) in [5.74, 6) is -0.510. The molecule has 1 aromatic heterocycles. The lowest BCUT2D eigenvalue weighted by atomic mass is 10.2. The zero-order chi connectivity index (χ0) is 17.1. The normalized spacial score (nSPS) is 10.6. The first-order chi connectivity index (χ1) is 11.5. The lowest BCUT2D eigenvalue weighted by Gasteiger charge is -2.11. The lowest BCUT2D eigenvalue weighted by Crippen LogP contribution is -1.99. The van der Waals surface area contributed by atoms with E-state index in [9.17, 15) is 4.79 Å². The fourth-order valence-corrected chi connectivity index (χ4v) is 3.24. The van der Waals surface area contributed by atoms with Crippen molar-refractivity contribution in [2.24, 2.45) is 0 Å². The van der Waals surface area contributed by atoms with Crippen LogP contribution in [0.25, 0.3) is 10.6 Å². The number of aromatic nitrogens is 1. The molecule has 0 spiro atoms. The summed E-state index contributed by atoms with van der Waals surface area (Å²) in [6.45, 7) is 0.283. The Kier molecular flexibility index (Phi) is 5.04. The van der Waals surface area contributed by atoms with Gasteiger partial charge in [0.25, 0.3) is 0 Å². The maximum absolute atomic E-state index is 11.0. The monoisotopic (exact) mass is 379 g/mol. The Morgan fingerprint density at radius 3 is 2.71 bits per heavy atom. The molecule has 7 heteroatoms. The van der Waals surface area contributed by atoms with E-state index in [1.54, 1.807) is 24.3 Å². The van der Waals surface area contributed by atoms with Crippen LogP contribution in [-0.2, 0) is 6.61 Å². The SMILES string of the molecule is O=C(O)c1csc(-c2cc(Cl)ccc2OCc2ccccc2Cl)n1. The second-order valence-electron chi connectivity index (χ2n) is 4.86. The van der Waals surface area contributed by atoms with Crippen molar-refractivity contribution in [3.05, 3.63) is 69.1 Å². The van der Waals surface area contributed by atoms with Crippen molar-refractivity contribution in [1.29, 1.82) is 0 Å². The quantitative estimate of drug-likeness (QED) is 0.644. The number of thiazole rings is 1. The fraction of sp³-hybridized carbons (Fsp3) is 0.0588. The molecule has 0 fully saturated rings. The zero-order valence-corrected chi connectivity index (χ0v) is 14.5. The molecule has 0 atom stereocenters. The number of hydrogen-bond acceptors (Lipinski definition) is 4. The lowest BCUT2D eigenvalue weighted by molar-refractivity contribution is 0.0691. The smallest absolute Gasteiger partial charge is 0.355 e. The van der Waals surface area contributed by atoms with Crippen LogP contribution < -0.4 is 4.74 Å². The minimum atomic E-state index is -1.07. The van der Waals surface area contributed by atoms with Gasteiger partial charge in [-0.15, -0.1) is 11.3 Å². The molecule has 24 heavy (non-hydrogen) atoms. The van der Waals surface area contributed by atoms with E-state index in [-0.39, 0.29) is 12.3 Å². The van der Waals surface area contributed by atoms with Crippen LogP contribution in [0.3, 0.4) is 0 Å². The van der Waals surface area contributed by atoms with E-state index >= 15 is 0 Å². The number of rotatable bonds is 5. The summed E-state index contributed by atoms with van der Waals surface area (Å²) in [4.78, 5) is 15.1. The van der Waals surface area contributed by atoms with E-state index in [2.05, 4.69) is 4.98 Å². The topological polar surface area (TPSA) is 59.4 Å². The van der Waals surface area contributed by atoms with Gasteiger partial charge in [0, 0.05) is 21.0 Å². The molecular weight excluding hydrogens is 369 g/mol. The van der Waals surface area contributed by atoms with Gasteiger partial charge >= 0.3 is 5.97 Å². The van der Waals surface area contributed by atoms with E-state index in [4.69, 9.17) is 33.0 Å². The van der Waals surface area contributed by atoms with Gasteiger partial charge in [-0.05, 0) is 24.3 Å². The van der Waals surface area contributed by atoms with Gasteiger partial charge in [0.15, 0.2) is 5.69 Å². The van der Waals surface area contributed by atoms with Gasteiger partial charge in [-0.25, -0.2) is 9.78 Å². The van der Waals surface area contributed by atoms with Crippen molar-refractivity contribution in [2.45, 2.75) is 6.61 Å². The first-order valence-electron chi connectivity index (χ1n) is 6.89. The third-order valence-corrected chi connectivity index (χ3v) is 4.72. The van der Waals surface area contributed by atoms with Crippen LogP contribution in [0.15, 0.2) is 47.8 Å². The van der Waals surface area contributed by atoms with E-state index in [1.807, 2.05) is 18.2 Å². The first-order valence-corrected chi connectivity index (χ1v) is 8.53. The van der Waals surface area contributed by atoms with Gasteiger partial charge in [-0.2, -0.15) is 0 Å². The molecule has 0 aliphatic carbocycles. The molecule has 0 amide bonds. The van der Waals surface area contributed by atoms with Crippen molar-refractivity contribution in [1.82, 2.24) is 4.98 Å². The molecule has 3 rings (SSSR count). The summed E-state index contributed by atoms with van der Waals surface area (Å²) in [6, 6.07) is 12.5. The minimum Gasteiger partial charge on any atom is -0.488 e. The summed E-state index contributed by atoms with van der Waals surface area (Å²) in [5, 5.41) is 12.2. The number of ether oxygens (including phenoxy) is 1. The number of carboxylic acids is 1. The molecule has 0 bridgehead atoms. The second-order valence-corrected chi connectivity index (χ2v) is 6.57. The largest absolute Gasteiger partial charge is 0.488 e. The number of aromatic carboxylic acids is 1. The van der Waals surface area contributed by atoms with Gasteiger partial charge in [0.2, 0.25) is 0 Å². The molecule has 0 unspecified atom stereocenters. The maximum atomic E-state index is 11.0. The highest BCUT2D eigenvalue weighted by atomic mass is 35.5. The number of hydrogen-bond donors (Lipinski definition) is 1. The minimum absolute atomic E-state index is 0.00738. The number of nitrogens with zero attached hydrogens (tertiary/aromatic N) is 1. The highest BCUT2D eigenvalue weighted by Crippen LogP contribution is 2.35. The van der Waals surface area contributed by atoms with Crippen LogP contribution in [0.2, 0.25) is 10.0 Å². The Hall–Kier alpha value is -2.08. The standard InChI is InChI=1S/C17H11Cl2NO3S/c18-11-5-6-15(23-8-10-3-1-2-4-13(10)19)12(7-11)16-20-14(9-24-16)17(21)22/h1-7,9H,8H2,(H,21,22). The zero-order valence-electron chi connectivity index (χ0n) is 12.2. The van der Waals surface area contributed by atoms with Crippen molar-refractivity contribution < 1.29 is 14.6 Å². The summed E-state index contributed by atoms with van der Waals surface area (Å²) < 4.78 is 5.86. The van der Waals surface area contributed by atoms with E-state index in [1.165, 1.54) is 16.7 Å². The Balaban J connectivity index is 1.90. The summed E-state index contributed by atoms with van der Waals surface area (Å²) in [5.41, 5.74) is 1.49. The number of halogens is 2. The van der Waals surface area contributed by atoms with Gasteiger partial charge in [-0.3, -0.25) is 0 Å². The van der Waals surface area contributed by atoms with Crippen molar-refractivity contribution in [3.63, 3.8) is 0 Å². The third kappa shape index (κ3) is 3.70. The molecule has 0 saturated heterocycles. The molecule has 1 heterocycles. The molecule has 0 aliphatic rings. The van der Waals surface area contributed by atoms with Crippen molar-refractivity contribution >= 4 is 40.5 Å². The van der Waals surface area contributed by atoms with Gasteiger partial charge in [-0.1, -0.05) is 41.4 Å². The second kappa shape index (κ2) is 7.21. The average Bonchev–Trinajstić information content (AvgIpc) is 3.05. The Morgan fingerprint density at radius 2 is 2.00 bits per heavy atom. The van der Waals surface area contributed by atoms with Crippen LogP contribution in [0.1, 0.15) is 16.1 Å². The molecule has 0 radical (unpaired) electrons. The molecule has 0 aliphatic heterocycles. The predicted molar refractivity (Wildman–Crippen MR) is 95.3 cm³/mol. The first kappa shape index (κ1) is 16.8. The highest BCUT2D eigenvalue weighted by molar-refractivity contribution is 7.13. The molecule has 1 N–H and O–H groups in total. The van der Waals surface area contributed by atoms with Gasteiger partial charge in [0.05, 0.1) is 5.56 Å². The van der Waals surface area contributed by atoms with E-state index in [0.29, 0.717) is 26.4 Å². The Labute approximate surface area is 152 Å². The summed E-state index contributed by atoms with van der Waals surface area (Å²) >= 11 is 13.4. The van der Waals surface area contributed by atoms with Crippen LogP contribution in [-0.4, -0.2) is 16.1 Å². The molecule has 4 nitrogen and oxygen atoms in total. The van der Waals surface area contributed by atoms with E-state index in [0.717, 1.165) is 5.56 Å². The fourth-order valence-electron chi connectivity index (χ4n) is 2.06. The highest BCUT2D eigenvalue weighted by Gasteiger charge is 2.15. The maximum Gasteiger partial charge on any atom is 0.355 e. The van der Waals surface area contributed by atoms with Gasteiger partial charge in [0.1, 0.15) is 17.4 Å². The number of carboxylic acid groups (broad SMARTS) is 1. The van der Waals surface area contributed by atoms with Crippen LogP contribution >= 0.6 is 34.5 Å². The predicted octanol–water partition coefficient (Wildman–Crippen LogP) is 5.39. The summed E-state index contributed by atoms with van der Waals surface area (Å²) in [6.07, 6.45) is 0. The Morgan fingerprint density at radius 1 is 1.21 bits per heavy atom. The van der Waals surface area contributed by atoms with Crippen molar-refractivity contribution in [2.75, 3.05) is 0 Å². The molecular formula is C17H11Cl2NO3S. The molecule has 122 valence electrons. The van der Waals surface area contributed by atoms with E-state index < -0.39 is 5.97 Å². The Bertz CT molecular complexity index is 895. The average molecular weight is 380 g/mol. The number of carbonyl (C=O) groups is 1. The number of benzene rings is 2. The molecule has 3 aromatic rings. The van der Waals surface area contributed by atoms with Crippen LogP contribution in [0.5, 0.6) is 5.75 Å². The molecule has 2 aromatic carbocycles.